The van der Waals surface area contributed by atoms with E-state index in [1.165, 1.54) is 0 Å². The van der Waals surface area contributed by atoms with E-state index in [4.69, 9.17) is 5.26 Å². The molecule has 0 N–H and O–H groups in total. The summed E-state index contributed by atoms with van der Waals surface area (Å²) in [4.78, 5) is 15.0. The van der Waals surface area contributed by atoms with Gasteiger partial charge in [0.15, 0.2) is 5.41 Å². The summed E-state index contributed by atoms with van der Waals surface area (Å²) >= 11 is 0. The van der Waals surface area contributed by atoms with Crippen LogP contribution < -0.4 is 0 Å². The summed E-state index contributed by atoms with van der Waals surface area (Å²) in [6.45, 7) is 1.15. The van der Waals surface area contributed by atoms with Gasteiger partial charge in [0.05, 0.1) is 18.2 Å². The topological polar surface area (TPSA) is 44.1 Å². The van der Waals surface area contributed by atoms with Crippen molar-refractivity contribution >= 4 is 5.91 Å². The largest absolute Gasteiger partial charge is 0.334 e. The Morgan fingerprint density at radius 2 is 1.46 bits per heavy atom. The van der Waals surface area contributed by atoms with Gasteiger partial charge in [-0.1, -0.05) is 72.5 Å². The molecule has 0 bridgehead atoms. The number of β-lactam (4-membered cyclic amide) rings is 1. The first kappa shape index (κ1) is 17.6. The number of hydrogen-bond donors (Lipinski definition) is 0. The van der Waals surface area contributed by atoms with Gasteiger partial charge in [0.25, 0.3) is 0 Å². The zero-order chi connectivity index (χ0) is 19.4. The van der Waals surface area contributed by atoms with Crippen LogP contribution in [0.3, 0.4) is 0 Å². The Morgan fingerprint density at radius 1 is 0.857 bits per heavy atom. The van der Waals surface area contributed by atoms with Crippen molar-refractivity contribution in [3.8, 4) is 17.9 Å². The maximum Gasteiger partial charge on any atom is 0.247 e. The summed E-state index contributed by atoms with van der Waals surface area (Å²) in [5.41, 5.74) is 2.60. The van der Waals surface area contributed by atoms with Crippen LogP contribution in [0.25, 0.3) is 0 Å². The Labute approximate surface area is 164 Å². The number of carbonyl (C=O) groups excluding carboxylic acids is 1. The number of nitrogens with zero attached hydrogens (tertiary/aromatic N) is 2. The molecule has 3 nitrogen and oxygen atoms in total. The highest BCUT2D eigenvalue weighted by Crippen LogP contribution is 2.36. The summed E-state index contributed by atoms with van der Waals surface area (Å²) in [6.07, 6.45) is 0. The molecule has 1 aliphatic heterocycles. The minimum Gasteiger partial charge on any atom is -0.334 e. The lowest BCUT2D eigenvalue weighted by Crippen LogP contribution is -2.63. The monoisotopic (exact) mass is 362 g/mol. The summed E-state index contributed by atoms with van der Waals surface area (Å²) in [5.74, 6) is 6.42. The first-order valence-corrected chi connectivity index (χ1v) is 9.13. The molecule has 0 unspecified atom stereocenters. The molecule has 3 aromatic rings. The van der Waals surface area contributed by atoms with E-state index >= 15 is 0 Å². The number of amides is 1. The number of nitriles is 1. The van der Waals surface area contributed by atoms with Gasteiger partial charge in [-0.3, -0.25) is 4.79 Å². The number of benzene rings is 3. The lowest BCUT2D eigenvalue weighted by Gasteiger charge is -2.46. The number of carbonyl (C=O) groups is 1. The van der Waals surface area contributed by atoms with E-state index in [9.17, 15) is 4.79 Å². The van der Waals surface area contributed by atoms with Crippen LogP contribution in [-0.4, -0.2) is 17.4 Å². The van der Waals surface area contributed by atoms with Gasteiger partial charge in [-0.15, -0.1) is 0 Å². The Bertz CT molecular complexity index is 1090. The SMILES string of the molecule is N#Cc1ccc(C#C[C@@]2(c3ccccc3)CN(Cc3ccccc3)C2=O)cc1. The predicted octanol–water partition coefficient (Wildman–Crippen LogP) is 3.89. The second-order valence-electron chi connectivity index (χ2n) is 6.86. The number of hydrogen-bond acceptors (Lipinski definition) is 2. The molecule has 0 spiro atoms. The molecule has 0 aromatic heterocycles. The van der Waals surface area contributed by atoms with Crippen LogP contribution in [0.1, 0.15) is 22.3 Å². The van der Waals surface area contributed by atoms with Gasteiger partial charge in [0, 0.05) is 12.1 Å². The molecule has 0 saturated carbocycles. The van der Waals surface area contributed by atoms with Crippen LogP contribution in [-0.2, 0) is 16.8 Å². The van der Waals surface area contributed by atoms with E-state index < -0.39 is 5.41 Å². The van der Waals surface area contributed by atoms with Crippen LogP contribution in [0.15, 0.2) is 84.9 Å². The fourth-order valence-electron chi connectivity index (χ4n) is 3.45. The van der Waals surface area contributed by atoms with E-state index in [1.807, 2.05) is 77.7 Å². The zero-order valence-corrected chi connectivity index (χ0v) is 15.3. The highest BCUT2D eigenvalue weighted by Gasteiger charge is 2.52. The van der Waals surface area contributed by atoms with E-state index in [1.54, 1.807) is 12.1 Å². The van der Waals surface area contributed by atoms with Crippen LogP contribution in [0, 0.1) is 23.2 Å². The zero-order valence-electron chi connectivity index (χ0n) is 15.3. The van der Waals surface area contributed by atoms with Gasteiger partial charge >= 0.3 is 0 Å². The van der Waals surface area contributed by atoms with E-state index in [-0.39, 0.29) is 5.91 Å². The van der Waals surface area contributed by atoms with Crippen LogP contribution >= 0.6 is 0 Å². The highest BCUT2D eigenvalue weighted by molar-refractivity contribution is 5.98. The molecule has 28 heavy (non-hydrogen) atoms. The van der Waals surface area contributed by atoms with Crippen molar-refractivity contribution in [2.75, 3.05) is 6.54 Å². The van der Waals surface area contributed by atoms with Crippen molar-refractivity contribution < 1.29 is 4.79 Å². The third-order valence-electron chi connectivity index (χ3n) is 5.00. The standard InChI is InChI=1S/C25H18N2O/c26-17-21-13-11-20(12-14-21)15-16-25(23-9-5-2-6-10-23)19-27(24(25)28)18-22-7-3-1-4-8-22/h1-14H,18-19H2/t25-/m0/s1. The normalized spacial score (nSPS) is 17.8. The van der Waals surface area contributed by atoms with Crippen molar-refractivity contribution in [2.24, 2.45) is 0 Å². The molecule has 1 amide bonds. The smallest absolute Gasteiger partial charge is 0.247 e. The van der Waals surface area contributed by atoms with Crippen LogP contribution in [0.2, 0.25) is 0 Å². The summed E-state index contributed by atoms with van der Waals surface area (Å²) in [5, 5.41) is 8.93. The first-order chi connectivity index (χ1) is 13.7. The summed E-state index contributed by atoms with van der Waals surface area (Å²) in [6, 6.07) is 28.9. The fraction of sp³-hybridized carbons (Fsp3) is 0.120. The Kier molecular flexibility index (Phi) is 4.67. The molecule has 1 fully saturated rings. The van der Waals surface area contributed by atoms with E-state index in [0.29, 0.717) is 18.7 Å². The fourth-order valence-corrected chi connectivity index (χ4v) is 3.45. The minimum absolute atomic E-state index is 0.0312. The van der Waals surface area contributed by atoms with Crippen molar-refractivity contribution in [1.29, 1.82) is 5.26 Å². The van der Waals surface area contributed by atoms with Crippen molar-refractivity contribution in [3.63, 3.8) is 0 Å². The quantitative estimate of drug-likeness (QED) is 0.524. The summed E-state index contributed by atoms with van der Waals surface area (Å²) < 4.78 is 0. The van der Waals surface area contributed by atoms with Crippen LogP contribution in [0.5, 0.6) is 0 Å². The van der Waals surface area contributed by atoms with Gasteiger partial charge in [-0.25, -0.2) is 0 Å². The average molecular weight is 362 g/mol. The van der Waals surface area contributed by atoms with Crippen molar-refractivity contribution in [3.05, 3.63) is 107 Å². The maximum absolute atomic E-state index is 13.2. The van der Waals surface area contributed by atoms with Gasteiger partial charge in [0.1, 0.15) is 0 Å². The Morgan fingerprint density at radius 3 is 2.07 bits per heavy atom. The number of rotatable bonds is 3. The van der Waals surface area contributed by atoms with Crippen LogP contribution in [0.4, 0.5) is 0 Å². The molecule has 1 aliphatic rings. The Hall–Kier alpha value is -3.82. The summed E-state index contributed by atoms with van der Waals surface area (Å²) in [7, 11) is 0. The predicted molar refractivity (Wildman–Crippen MR) is 108 cm³/mol. The molecule has 1 saturated heterocycles. The van der Waals surface area contributed by atoms with Gasteiger partial charge in [-0.05, 0) is 35.4 Å². The molecule has 134 valence electrons. The lowest BCUT2D eigenvalue weighted by molar-refractivity contribution is -0.148. The first-order valence-electron chi connectivity index (χ1n) is 9.13. The average Bonchev–Trinajstić information content (AvgIpc) is 2.77. The second-order valence-corrected chi connectivity index (χ2v) is 6.86. The van der Waals surface area contributed by atoms with Gasteiger partial charge in [0.2, 0.25) is 5.91 Å². The molecule has 3 heteroatoms. The number of likely N-dealkylation sites (tertiary alicyclic amines) is 1. The third-order valence-corrected chi connectivity index (χ3v) is 5.00. The Balaban J connectivity index is 1.63. The van der Waals surface area contributed by atoms with Crippen molar-refractivity contribution in [1.82, 2.24) is 4.90 Å². The molecule has 1 atom stereocenters. The van der Waals surface area contributed by atoms with E-state index in [0.717, 1.165) is 16.7 Å². The van der Waals surface area contributed by atoms with Crippen molar-refractivity contribution in [2.45, 2.75) is 12.0 Å². The van der Waals surface area contributed by atoms with E-state index in [2.05, 4.69) is 17.9 Å². The highest BCUT2D eigenvalue weighted by atomic mass is 16.2. The molecule has 4 rings (SSSR count). The molecule has 1 heterocycles. The maximum atomic E-state index is 13.2. The van der Waals surface area contributed by atoms with Gasteiger partial charge in [-0.2, -0.15) is 5.26 Å². The second kappa shape index (κ2) is 7.43. The third kappa shape index (κ3) is 3.27. The van der Waals surface area contributed by atoms with Gasteiger partial charge < -0.3 is 4.90 Å². The molecule has 3 aromatic carbocycles. The lowest BCUT2D eigenvalue weighted by atomic mass is 9.73. The molecule has 0 aliphatic carbocycles. The molecule has 0 radical (unpaired) electrons. The molecular weight excluding hydrogens is 344 g/mol. The minimum atomic E-state index is -0.816. The molecular formula is C25H18N2O.